The number of benzene rings is 2. The van der Waals surface area contributed by atoms with Crippen LogP contribution in [0.5, 0.6) is 0 Å². The lowest BCUT2D eigenvalue weighted by Crippen LogP contribution is -2.25. The average Bonchev–Trinajstić information content (AvgIpc) is 2.66. The molecule has 1 aliphatic carbocycles. The first kappa shape index (κ1) is 13.4. The number of hydrogen-bond donors (Lipinski definition) is 0. The van der Waals surface area contributed by atoms with E-state index in [9.17, 15) is 9.90 Å². The van der Waals surface area contributed by atoms with Crippen LogP contribution in [0.1, 0.15) is 35.6 Å². The highest BCUT2D eigenvalue weighted by atomic mass is 16.4. The van der Waals surface area contributed by atoms with Crippen LogP contribution >= 0.6 is 0 Å². The zero-order chi connectivity index (χ0) is 14.8. The first-order valence-corrected chi connectivity index (χ1v) is 7.03. The minimum absolute atomic E-state index is 0.346. The molecule has 0 atom stereocenters. The van der Waals surface area contributed by atoms with E-state index in [-0.39, 0.29) is 0 Å². The zero-order valence-corrected chi connectivity index (χ0v) is 11.8. The van der Waals surface area contributed by atoms with Crippen molar-refractivity contribution in [1.29, 1.82) is 0 Å². The Morgan fingerprint density at radius 1 is 0.905 bits per heavy atom. The van der Waals surface area contributed by atoms with Crippen molar-refractivity contribution in [1.82, 2.24) is 0 Å². The van der Waals surface area contributed by atoms with Crippen molar-refractivity contribution in [3.05, 3.63) is 76.4 Å². The van der Waals surface area contributed by atoms with Gasteiger partial charge in [0.25, 0.3) is 0 Å². The molecule has 0 saturated carbocycles. The van der Waals surface area contributed by atoms with Crippen LogP contribution in [0.15, 0.2) is 54.1 Å². The molecule has 0 amide bonds. The molecule has 3 rings (SSSR count). The Bertz CT molecular complexity index is 715. The summed E-state index contributed by atoms with van der Waals surface area (Å²) >= 11 is 0. The maximum Gasteiger partial charge on any atom is 0.0681 e. The fourth-order valence-electron chi connectivity index (χ4n) is 2.81. The Balaban J connectivity index is 2.42. The van der Waals surface area contributed by atoms with Gasteiger partial charge in [0.1, 0.15) is 0 Å². The van der Waals surface area contributed by atoms with Crippen molar-refractivity contribution in [3.63, 3.8) is 0 Å². The number of aliphatic carboxylic acids is 1. The Labute approximate surface area is 124 Å². The molecule has 2 aromatic carbocycles. The zero-order valence-electron chi connectivity index (χ0n) is 11.8. The molecule has 0 bridgehead atoms. The Kier molecular flexibility index (Phi) is 3.44. The molecule has 0 saturated heterocycles. The van der Waals surface area contributed by atoms with E-state index < -0.39 is 5.97 Å². The molecule has 21 heavy (non-hydrogen) atoms. The van der Waals surface area contributed by atoms with Crippen molar-refractivity contribution in [3.8, 4) is 0 Å². The van der Waals surface area contributed by atoms with Crippen LogP contribution in [-0.2, 0) is 4.79 Å². The van der Waals surface area contributed by atoms with E-state index in [4.69, 9.17) is 0 Å². The molecular formula is C19H15O2-. The van der Waals surface area contributed by atoms with Gasteiger partial charge in [-0.3, -0.25) is 0 Å². The van der Waals surface area contributed by atoms with Crippen LogP contribution in [-0.4, -0.2) is 5.97 Å². The summed E-state index contributed by atoms with van der Waals surface area (Å²) in [4.78, 5) is 11.6. The minimum Gasteiger partial charge on any atom is -0.545 e. The van der Waals surface area contributed by atoms with Crippen molar-refractivity contribution < 1.29 is 9.90 Å². The van der Waals surface area contributed by atoms with Crippen molar-refractivity contribution >= 4 is 23.7 Å². The number of hydrogen-bond acceptors (Lipinski definition) is 2. The number of carboxylic acid groups (broad SMARTS) is 1. The van der Waals surface area contributed by atoms with Crippen LogP contribution in [0.3, 0.4) is 0 Å². The molecule has 0 spiro atoms. The minimum atomic E-state index is -1.10. The van der Waals surface area contributed by atoms with Gasteiger partial charge < -0.3 is 9.90 Å². The van der Waals surface area contributed by atoms with Crippen LogP contribution < -0.4 is 5.11 Å². The number of carbonyl (C=O) groups is 1. The lowest BCUT2D eigenvalue weighted by atomic mass is 9.88. The number of rotatable bonds is 2. The monoisotopic (exact) mass is 275 g/mol. The summed E-state index contributed by atoms with van der Waals surface area (Å²) in [6.07, 6.45) is 4.49. The highest BCUT2D eigenvalue weighted by molar-refractivity contribution is 6.04. The van der Waals surface area contributed by atoms with Gasteiger partial charge in [0.15, 0.2) is 0 Å². The van der Waals surface area contributed by atoms with Crippen molar-refractivity contribution in [2.45, 2.75) is 13.3 Å². The molecule has 2 aromatic rings. The molecule has 0 heterocycles. The predicted octanol–water partition coefficient (Wildman–Crippen LogP) is 3.13. The third kappa shape index (κ3) is 2.29. The fraction of sp³-hybridized carbons (Fsp3) is 0.105. The van der Waals surface area contributed by atoms with Crippen LogP contribution in [0.4, 0.5) is 0 Å². The van der Waals surface area contributed by atoms with Gasteiger partial charge in [-0.1, -0.05) is 67.6 Å². The van der Waals surface area contributed by atoms with Gasteiger partial charge in [0.2, 0.25) is 0 Å². The summed E-state index contributed by atoms with van der Waals surface area (Å²) in [7, 11) is 0. The SMILES string of the molecule is CCC(C(=O)[O-])=C1c2ccccc2C=Cc2ccccc21. The smallest absolute Gasteiger partial charge is 0.0681 e. The number of fused-ring (bicyclic) bond motifs is 2. The maximum atomic E-state index is 11.6. The molecule has 0 N–H and O–H groups in total. The Hall–Kier alpha value is -2.61. The molecule has 0 aromatic heterocycles. The quantitative estimate of drug-likeness (QED) is 0.674. The molecule has 0 fully saturated rings. The lowest BCUT2D eigenvalue weighted by Gasteiger charge is -2.18. The largest absolute Gasteiger partial charge is 0.545 e. The molecule has 0 aliphatic heterocycles. The van der Waals surface area contributed by atoms with E-state index in [1.807, 2.05) is 67.6 Å². The average molecular weight is 275 g/mol. The summed E-state index contributed by atoms with van der Waals surface area (Å²) in [5.41, 5.74) is 5.05. The van der Waals surface area contributed by atoms with Crippen molar-refractivity contribution in [2.24, 2.45) is 0 Å². The van der Waals surface area contributed by atoms with Gasteiger partial charge in [-0.2, -0.15) is 0 Å². The van der Waals surface area contributed by atoms with Gasteiger partial charge in [0.05, 0.1) is 5.97 Å². The Morgan fingerprint density at radius 3 is 1.81 bits per heavy atom. The van der Waals surface area contributed by atoms with Crippen LogP contribution in [0, 0.1) is 0 Å². The lowest BCUT2D eigenvalue weighted by molar-refractivity contribution is -0.299. The van der Waals surface area contributed by atoms with E-state index in [2.05, 4.69) is 0 Å². The molecule has 0 radical (unpaired) electrons. The number of carboxylic acids is 1. The van der Waals surface area contributed by atoms with Crippen LogP contribution in [0.2, 0.25) is 0 Å². The van der Waals surface area contributed by atoms with E-state index in [1.54, 1.807) is 0 Å². The topological polar surface area (TPSA) is 40.1 Å². The molecule has 104 valence electrons. The normalized spacial score (nSPS) is 12.3. The van der Waals surface area contributed by atoms with Gasteiger partial charge in [-0.25, -0.2) is 0 Å². The third-order valence-electron chi connectivity index (χ3n) is 3.80. The van der Waals surface area contributed by atoms with Crippen LogP contribution in [0.25, 0.3) is 17.7 Å². The van der Waals surface area contributed by atoms with E-state index in [0.29, 0.717) is 12.0 Å². The standard InChI is InChI=1S/C19H16O2/c1-2-15(19(20)21)18-16-9-5-3-7-13(16)11-12-14-8-4-6-10-17(14)18/h3-12H,2H2,1H3,(H,20,21)/p-1. The molecule has 2 heteroatoms. The molecular weight excluding hydrogens is 260 g/mol. The second kappa shape index (κ2) is 5.41. The Morgan fingerprint density at radius 2 is 1.38 bits per heavy atom. The maximum absolute atomic E-state index is 11.6. The summed E-state index contributed by atoms with van der Waals surface area (Å²) in [6.45, 7) is 1.85. The molecule has 1 aliphatic rings. The summed E-state index contributed by atoms with van der Waals surface area (Å²) in [5, 5.41) is 11.6. The van der Waals surface area contributed by atoms with Gasteiger partial charge in [-0.15, -0.1) is 0 Å². The van der Waals surface area contributed by atoms with Gasteiger partial charge in [-0.05, 0) is 39.8 Å². The highest BCUT2D eigenvalue weighted by Gasteiger charge is 2.18. The predicted molar refractivity (Wildman–Crippen MR) is 83.1 cm³/mol. The van der Waals surface area contributed by atoms with Gasteiger partial charge in [0, 0.05) is 0 Å². The first-order chi connectivity index (χ1) is 10.2. The first-order valence-electron chi connectivity index (χ1n) is 7.03. The highest BCUT2D eigenvalue weighted by Crippen LogP contribution is 2.36. The molecule has 2 nitrogen and oxygen atoms in total. The summed E-state index contributed by atoms with van der Waals surface area (Å²) < 4.78 is 0. The van der Waals surface area contributed by atoms with E-state index in [1.165, 1.54) is 0 Å². The van der Waals surface area contributed by atoms with E-state index in [0.717, 1.165) is 27.8 Å². The number of carbonyl (C=O) groups excluding carboxylic acids is 1. The van der Waals surface area contributed by atoms with E-state index >= 15 is 0 Å². The summed E-state index contributed by atoms with van der Waals surface area (Å²) in [6, 6.07) is 15.7. The van der Waals surface area contributed by atoms with Crippen molar-refractivity contribution in [2.75, 3.05) is 0 Å². The fourth-order valence-corrected chi connectivity index (χ4v) is 2.81. The second-order valence-electron chi connectivity index (χ2n) is 5.00. The summed E-state index contributed by atoms with van der Waals surface area (Å²) in [5.74, 6) is -1.10. The second-order valence-corrected chi connectivity index (χ2v) is 5.00. The van der Waals surface area contributed by atoms with Gasteiger partial charge >= 0.3 is 0 Å². The third-order valence-corrected chi connectivity index (χ3v) is 3.80. The molecule has 0 unspecified atom stereocenters.